The quantitative estimate of drug-likeness (QED) is 0.782. The summed E-state index contributed by atoms with van der Waals surface area (Å²) >= 11 is 3.40. The van der Waals surface area contributed by atoms with Crippen molar-refractivity contribution in [1.29, 1.82) is 0 Å². The molecule has 1 spiro atoms. The van der Waals surface area contributed by atoms with Gasteiger partial charge in [-0.1, -0.05) is 36.4 Å². The number of hydrogen-bond donors (Lipinski definition) is 0. The maximum absolute atomic E-state index is 12.9. The number of carbonyl (C=O) groups excluding carboxylic acids is 2. The molecular formula is C21H24N2O2S2. The molecule has 0 bridgehead atoms. The number of nitrogens with zero attached hydrogens (tertiary/aromatic N) is 2. The van der Waals surface area contributed by atoms with Gasteiger partial charge in [0.25, 0.3) is 5.91 Å². The lowest BCUT2D eigenvalue weighted by Gasteiger charge is -2.44. The molecule has 142 valence electrons. The summed E-state index contributed by atoms with van der Waals surface area (Å²) < 4.78 is 0. The van der Waals surface area contributed by atoms with Crippen LogP contribution in [0.25, 0.3) is 0 Å². The van der Waals surface area contributed by atoms with Crippen molar-refractivity contribution in [3.63, 3.8) is 0 Å². The van der Waals surface area contributed by atoms with Crippen LogP contribution >= 0.6 is 23.1 Å². The van der Waals surface area contributed by atoms with Crippen LogP contribution in [0.15, 0.2) is 47.8 Å². The molecule has 2 aromatic rings. The molecule has 6 heteroatoms. The number of rotatable bonds is 4. The zero-order chi connectivity index (χ0) is 18.7. The van der Waals surface area contributed by atoms with Gasteiger partial charge in [0.2, 0.25) is 5.91 Å². The Labute approximate surface area is 168 Å². The molecule has 0 atom stereocenters. The molecule has 2 saturated heterocycles. The molecule has 1 aromatic heterocycles. The first-order valence-electron chi connectivity index (χ1n) is 9.49. The average Bonchev–Trinajstić information content (AvgIpc) is 3.38. The fraction of sp³-hybridized carbons (Fsp3) is 0.429. The molecule has 27 heavy (non-hydrogen) atoms. The Balaban J connectivity index is 1.36. The van der Waals surface area contributed by atoms with E-state index in [4.69, 9.17) is 0 Å². The maximum Gasteiger partial charge on any atom is 0.263 e. The van der Waals surface area contributed by atoms with Crippen LogP contribution in [0.3, 0.4) is 0 Å². The molecule has 2 aliphatic rings. The Bertz CT molecular complexity index is 784. The van der Waals surface area contributed by atoms with Crippen LogP contribution < -0.4 is 0 Å². The predicted molar refractivity (Wildman–Crippen MR) is 111 cm³/mol. The molecule has 0 N–H and O–H groups in total. The van der Waals surface area contributed by atoms with Crippen molar-refractivity contribution >= 4 is 34.9 Å². The van der Waals surface area contributed by atoms with Crippen LogP contribution in [-0.2, 0) is 11.2 Å². The number of thiophene rings is 1. The highest BCUT2D eigenvalue weighted by Gasteiger charge is 2.46. The van der Waals surface area contributed by atoms with Crippen molar-refractivity contribution in [1.82, 2.24) is 9.80 Å². The third-order valence-corrected chi connectivity index (χ3v) is 7.92. The minimum absolute atomic E-state index is 0.111. The van der Waals surface area contributed by atoms with E-state index in [1.165, 1.54) is 16.9 Å². The van der Waals surface area contributed by atoms with E-state index in [1.807, 2.05) is 52.4 Å². The predicted octanol–water partition coefficient (Wildman–Crippen LogP) is 3.89. The van der Waals surface area contributed by atoms with Gasteiger partial charge in [-0.2, -0.15) is 0 Å². The second kappa shape index (κ2) is 8.07. The molecule has 3 heterocycles. The molecule has 4 rings (SSSR count). The second-order valence-corrected chi connectivity index (χ2v) is 9.50. The highest BCUT2D eigenvalue weighted by molar-refractivity contribution is 8.00. The van der Waals surface area contributed by atoms with Gasteiger partial charge in [0.15, 0.2) is 0 Å². The molecular weight excluding hydrogens is 376 g/mol. The first kappa shape index (κ1) is 18.6. The van der Waals surface area contributed by atoms with E-state index in [0.29, 0.717) is 6.42 Å². The third-order valence-electron chi connectivity index (χ3n) is 5.51. The third kappa shape index (κ3) is 3.92. The Kier molecular flexibility index (Phi) is 5.55. The lowest BCUT2D eigenvalue weighted by atomic mass is 10.0. The van der Waals surface area contributed by atoms with Crippen LogP contribution in [0.1, 0.15) is 34.5 Å². The van der Waals surface area contributed by atoms with E-state index in [9.17, 15) is 9.59 Å². The second-order valence-electron chi connectivity index (χ2n) is 7.10. The molecule has 2 fully saturated rings. The fourth-order valence-electron chi connectivity index (χ4n) is 4.02. The van der Waals surface area contributed by atoms with Gasteiger partial charge < -0.3 is 9.80 Å². The molecule has 1 aromatic carbocycles. The Morgan fingerprint density at radius 3 is 2.48 bits per heavy atom. The number of thioether (sulfide) groups is 1. The van der Waals surface area contributed by atoms with E-state index >= 15 is 0 Å². The topological polar surface area (TPSA) is 40.6 Å². The van der Waals surface area contributed by atoms with Crippen molar-refractivity contribution in [2.45, 2.75) is 30.6 Å². The summed E-state index contributed by atoms with van der Waals surface area (Å²) in [6.07, 6.45) is 3.09. The van der Waals surface area contributed by atoms with Crippen LogP contribution in [-0.4, -0.2) is 51.9 Å². The van der Waals surface area contributed by atoms with Gasteiger partial charge in [-0.05, 0) is 36.3 Å². The minimum Gasteiger partial charge on any atom is -0.338 e. The van der Waals surface area contributed by atoms with Gasteiger partial charge in [-0.15, -0.1) is 23.1 Å². The molecule has 0 unspecified atom stereocenters. The number of aryl methyl sites for hydroxylation is 1. The highest BCUT2D eigenvalue weighted by atomic mass is 32.2. The number of amides is 2. The number of piperidine rings is 1. The summed E-state index contributed by atoms with van der Waals surface area (Å²) in [5, 5.41) is 1.94. The number of hydrogen-bond acceptors (Lipinski definition) is 4. The van der Waals surface area contributed by atoms with Crippen molar-refractivity contribution in [2.24, 2.45) is 0 Å². The Hall–Kier alpha value is -1.79. The van der Waals surface area contributed by atoms with Gasteiger partial charge in [-0.25, -0.2) is 0 Å². The summed E-state index contributed by atoms with van der Waals surface area (Å²) in [6, 6.07) is 14.0. The van der Waals surface area contributed by atoms with E-state index in [0.717, 1.165) is 49.5 Å². The average molecular weight is 401 g/mol. The zero-order valence-corrected chi connectivity index (χ0v) is 16.9. The SMILES string of the molecule is O=C(c1cccs1)N1CCC2(CC1)SCCN2C(=O)CCc1ccccc1. The van der Waals surface area contributed by atoms with Gasteiger partial charge in [-0.3, -0.25) is 9.59 Å². The molecule has 2 amide bonds. The van der Waals surface area contributed by atoms with Crippen molar-refractivity contribution < 1.29 is 9.59 Å². The summed E-state index contributed by atoms with van der Waals surface area (Å²) in [4.78, 5) is 30.3. The molecule has 2 aliphatic heterocycles. The molecule has 0 saturated carbocycles. The fourth-order valence-corrected chi connectivity index (χ4v) is 6.19. The van der Waals surface area contributed by atoms with Crippen LogP contribution in [0.2, 0.25) is 0 Å². The summed E-state index contributed by atoms with van der Waals surface area (Å²) in [5.74, 6) is 1.38. The van der Waals surface area contributed by atoms with Gasteiger partial charge in [0.05, 0.1) is 9.75 Å². The van der Waals surface area contributed by atoms with E-state index in [1.54, 1.807) is 0 Å². The zero-order valence-electron chi connectivity index (χ0n) is 15.3. The number of benzene rings is 1. The number of likely N-dealkylation sites (tertiary alicyclic amines) is 1. The Morgan fingerprint density at radius 1 is 1.00 bits per heavy atom. The first-order valence-corrected chi connectivity index (χ1v) is 11.4. The van der Waals surface area contributed by atoms with Crippen LogP contribution in [0.5, 0.6) is 0 Å². The number of carbonyl (C=O) groups is 2. The highest BCUT2D eigenvalue weighted by Crippen LogP contribution is 2.44. The van der Waals surface area contributed by atoms with Crippen LogP contribution in [0.4, 0.5) is 0 Å². The first-order chi connectivity index (χ1) is 13.2. The lowest BCUT2D eigenvalue weighted by molar-refractivity contribution is -0.134. The van der Waals surface area contributed by atoms with Crippen LogP contribution in [0, 0.1) is 0 Å². The van der Waals surface area contributed by atoms with E-state index < -0.39 is 0 Å². The summed E-state index contributed by atoms with van der Waals surface area (Å²) in [6.45, 7) is 2.29. The standard InChI is InChI=1S/C21H24N2O2S2/c24-19(9-8-17-5-2-1-3-6-17)23-14-16-27-21(23)10-12-22(13-11-21)20(25)18-7-4-15-26-18/h1-7,15H,8-14,16H2. The van der Waals surface area contributed by atoms with Gasteiger partial charge in [0.1, 0.15) is 0 Å². The van der Waals surface area contributed by atoms with E-state index in [-0.39, 0.29) is 16.7 Å². The monoisotopic (exact) mass is 400 g/mol. The molecule has 4 nitrogen and oxygen atoms in total. The Morgan fingerprint density at radius 2 is 1.78 bits per heavy atom. The van der Waals surface area contributed by atoms with Crippen molar-refractivity contribution in [2.75, 3.05) is 25.4 Å². The van der Waals surface area contributed by atoms with Crippen molar-refractivity contribution in [3.05, 3.63) is 58.3 Å². The van der Waals surface area contributed by atoms with E-state index in [2.05, 4.69) is 17.0 Å². The smallest absolute Gasteiger partial charge is 0.263 e. The summed E-state index contributed by atoms with van der Waals surface area (Å²) in [7, 11) is 0. The normalized spacial score (nSPS) is 18.8. The molecule has 0 radical (unpaired) electrons. The molecule has 0 aliphatic carbocycles. The lowest BCUT2D eigenvalue weighted by Crippen LogP contribution is -2.53. The van der Waals surface area contributed by atoms with Crippen molar-refractivity contribution in [3.8, 4) is 0 Å². The minimum atomic E-state index is -0.111. The largest absolute Gasteiger partial charge is 0.338 e. The summed E-state index contributed by atoms with van der Waals surface area (Å²) in [5.41, 5.74) is 1.21. The van der Waals surface area contributed by atoms with Gasteiger partial charge >= 0.3 is 0 Å². The van der Waals surface area contributed by atoms with Gasteiger partial charge in [0, 0.05) is 31.8 Å². The maximum atomic E-state index is 12.9.